The lowest BCUT2D eigenvalue weighted by molar-refractivity contribution is 0.205. The van der Waals surface area contributed by atoms with Gasteiger partial charge in [0.05, 0.1) is 18.5 Å². The molecule has 3 heterocycles. The number of aromatic nitrogens is 4. The van der Waals surface area contributed by atoms with E-state index in [4.69, 9.17) is 9.15 Å². The predicted octanol–water partition coefficient (Wildman–Crippen LogP) is 5.40. The Hall–Kier alpha value is -3.10. The summed E-state index contributed by atoms with van der Waals surface area (Å²) in [5, 5.41) is 7.95. The molecule has 1 fully saturated rings. The highest BCUT2D eigenvalue weighted by molar-refractivity contribution is 7.80. The molecule has 0 spiro atoms. The summed E-state index contributed by atoms with van der Waals surface area (Å²) < 4.78 is 11.8. The van der Waals surface area contributed by atoms with Crippen LogP contribution in [0.1, 0.15) is 42.6 Å². The number of rotatable bonds is 9. The highest BCUT2D eigenvalue weighted by Gasteiger charge is 2.21. The summed E-state index contributed by atoms with van der Waals surface area (Å²) >= 11 is 4.65. The Morgan fingerprint density at radius 3 is 2.56 bits per heavy atom. The average molecular weight is 476 g/mol. The second kappa shape index (κ2) is 10.9. The minimum atomic E-state index is -0.443. The van der Waals surface area contributed by atoms with E-state index in [0.29, 0.717) is 17.6 Å². The molecule has 2 aromatic carbocycles. The molecule has 176 valence electrons. The van der Waals surface area contributed by atoms with Crippen LogP contribution in [0.5, 0.6) is 5.75 Å². The van der Waals surface area contributed by atoms with E-state index in [1.807, 2.05) is 54.6 Å². The Balaban J connectivity index is 1.16. The molecule has 5 rings (SSSR count). The number of benzene rings is 2. The van der Waals surface area contributed by atoms with Crippen LogP contribution in [-0.2, 0) is 0 Å². The fourth-order valence-electron chi connectivity index (χ4n) is 4.17. The number of H-pyrrole nitrogens is 1. The molecular formula is C26H29N5O2S. The summed E-state index contributed by atoms with van der Waals surface area (Å²) in [4.78, 5) is 10.3. The molecule has 1 saturated heterocycles. The summed E-state index contributed by atoms with van der Waals surface area (Å²) in [6.45, 7) is 4.27. The monoisotopic (exact) mass is 475 g/mol. The molecule has 1 unspecified atom stereocenters. The molecule has 0 saturated carbocycles. The van der Waals surface area contributed by atoms with Crippen LogP contribution in [0.15, 0.2) is 65.2 Å². The van der Waals surface area contributed by atoms with Crippen molar-refractivity contribution in [1.29, 1.82) is 0 Å². The number of aromatic amines is 1. The van der Waals surface area contributed by atoms with Crippen molar-refractivity contribution in [2.75, 3.05) is 26.2 Å². The highest BCUT2D eigenvalue weighted by Crippen LogP contribution is 2.30. The van der Waals surface area contributed by atoms with Gasteiger partial charge in [0.25, 0.3) is 0 Å². The second-order valence-electron chi connectivity index (χ2n) is 8.52. The van der Waals surface area contributed by atoms with E-state index in [9.17, 15) is 0 Å². The molecule has 0 aliphatic carbocycles. The third-order valence-electron chi connectivity index (χ3n) is 6.05. The molecule has 1 N–H and O–H groups in total. The van der Waals surface area contributed by atoms with E-state index in [1.165, 1.54) is 32.4 Å². The first-order valence-corrected chi connectivity index (χ1v) is 12.4. The van der Waals surface area contributed by atoms with Crippen LogP contribution in [0.3, 0.4) is 0 Å². The van der Waals surface area contributed by atoms with E-state index < -0.39 is 5.25 Å². The summed E-state index contributed by atoms with van der Waals surface area (Å²) in [6.07, 6.45) is 6.84. The zero-order valence-electron chi connectivity index (χ0n) is 19.1. The number of likely N-dealkylation sites (tertiary alicyclic amines) is 1. The van der Waals surface area contributed by atoms with Crippen molar-refractivity contribution in [3.8, 4) is 28.5 Å². The Labute approximate surface area is 205 Å². The SMILES string of the molecule is SC(c1ncc(-c2ccccc2)[nH]1)c1nnc(-c2ccc(OCCCN3CCCCC3)cc2)o1. The third kappa shape index (κ3) is 5.51. The van der Waals surface area contributed by atoms with Gasteiger partial charge in [0, 0.05) is 12.1 Å². The van der Waals surface area contributed by atoms with E-state index in [2.05, 4.69) is 37.7 Å². The maximum Gasteiger partial charge on any atom is 0.247 e. The van der Waals surface area contributed by atoms with Gasteiger partial charge in [-0.15, -0.1) is 10.2 Å². The minimum Gasteiger partial charge on any atom is -0.494 e. The first-order valence-electron chi connectivity index (χ1n) is 11.8. The van der Waals surface area contributed by atoms with Crippen molar-refractivity contribution in [2.24, 2.45) is 0 Å². The highest BCUT2D eigenvalue weighted by atomic mass is 32.1. The first kappa shape index (κ1) is 22.7. The zero-order chi connectivity index (χ0) is 23.2. The molecule has 8 heteroatoms. The van der Waals surface area contributed by atoms with Gasteiger partial charge in [0.15, 0.2) is 0 Å². The Morgan fingerprint density at radius 2 is 1.76 bits per heavy atom. The molecule has 1 aliphatic rings. The lowest BCUT2D eigenvalue weighted by Gasteiger charge is -2.26. The van der Waals surface area contributed by atoms with Crippen molar-refractivity contribution < 1.29 is 9.15 Å². The largest absolute Gasteiger partial charge is 0.494 e. The van der Waals surface area contributed by atoms with Gasteiger partial charge in [-0.05, 0) is 62.2 Å². The van der Waals surface area contributed by atoms with Crippen LogP contribution < -0.4 is 4.74 Å². The zero-order valence-corrected chi connectivity index (χ0v) is 20.0. The van der Waals surface area contributed by atoms with Crippen molar-refractivity contribution >= 4 is 12.6 Å². The average Bonchev–Trinajstić information content (AvgIpc) is 3.59. The molecule has 0 radical (unpaired) electrons. The van der Waals surface area contributed by atoms with Gasteiger partial charge in [-0.3, -0.25) is 0 Å². The van der Waals surface area contributed by atoms with E-state index in [-0.39, 0.29) is 0 Å². The predicted molar refractivity (Wildman–Crippen MR) is 135 cm³/mol. The molecule has 0 bridgehead atoms. The molecule has 34 heavy (non-hydrogen) atoms. The number of hydrogen-bond donors (Lipinski definition) is 2. The smallest absolute Gasteiger partial charge is 0.247 e. The minimum absolute atomic E-state index is 0.394. The van der Waals surface area contributed by atoms with Crippen molar-refractivity contribution in [3.63, 3.8) is 0 Å². The number of thiol groups is 1. The fourth-order valence-corrected chi connectivity index (χ4v) is 4.41. The van der Waals surface area contributed by atoms with Crippen LogP contribution in [-0.4, -0.2) is 51.3 Å². The van der Waals surface area contributed by atoms with Crippen LogP contribution in [0, 0.1) is 0 Å². The Bertz CT molecular complexity index is 1170. The van der Waals surface area contributed by atoms with Gasteiger partial charge in [0.2, 0.25) is 11.8 Å². The van der Waals surface area contributed by atoms with Crippen LogP contribution in [0.4, 0.5) is 0 Å². The van der Waals surface area contributed by atoms with E-state index in [1.54, 1.807) is 6.20 Å². The van der Waals surface area contributed by atoms with Crippen LogP contribution in [0.25, 0.3) is 22.7 Å². The number of imidazole rings is 1. The summed E-state index contributed by atoms with van der Waals surface area (Å²) in [5.74, 6) is 2.34. The molecule has 2 aromatic heterocycles. The quantitative estimate of drug-likeness (QED) is 0.249. The summed E-state index contributed by atoms with van der Waals surface area (Å²) in [7, 11) is 0. The van der Waals surface area contributed by atoms with Crippen molar-refractivity contribution in [3.05, 3.63) is 72.5 Å². The molecule has 4 aromatic rings. The summed E-state index contributed by atoms with van der Waals surface area (Å²) in [6, 6.07) is 17.8. The van der Waals surface area contributed by atoms with Crippen LogP contribution >= 0.6 is 12.6 Å². The molecule has 0 amide bonds. The topological polar surface area (TPSA) is 80.1 Å². The molecular weight excluding hydrogens is 446 g/mol. The lowest BCUT2D eigenvalue weighted by atomic mass is 10.1. The Kier molecular flexibility index (Phi) is 7.26. The number of nitrogens with zero attached hydrogens (tertiary/aromatic N) is 4. The summed E-state index contributed by atoms with van der Waals surface area (Å²) in [5.41, 5.74) is 2.81. The van der Waals surface area contributed by atoms with Gasteiger partial charge in [-0.2, -0.15) is 12.6 Å². The lowest BCUT2D eigenvalue weighted by Crippen LogP contribution is -2.31. The Morgan fingerprint density at radius 1 is 0.971 bits per heavy atom. The number of hydrogen-bond acceptors (Lipinski definition) is 7. The van der Waals surface area contributed by atoms with Gasteiger partial charge < -0.3 is 19.0 Å². The first-order chi connectivity index (χ1) is 16.8. The van der Waals surface area contributed by atoms with Crippen molar-refractivity contribution in [1.82, 2.24) is 25.1 Å². The van der Waals surface area contributed by atoms with Crippen LogP contribution in [0.2, 0.25) is 0 Å². The molecule has 7 nitrogen and oxygen atoms in total. The molecule has 1 atom stereocenters. The number of ether oxygens (including phenoxy) is 1. The maximum absolute atomic E-state index is 5.91. The third-order valence-corrected chi connectivity index (χ3v) is 6.52. The van der Waals surface area contributed by atoms with Gasteiger partial charge in [0.1, 0.15) is 16.8 Å². The van der Waals surface area contributed by atoms with E-state index in [0.717, 1.165) is 42.1 Å². The standard InChI is InChI=1S/C26H29N5O2S/c34-23(24-27-18-22(28-24)19-8-3-1-4-9-19)26-30-29-25(33-26)20-10-12-21(13-11-20)32-17-7-16-31-14-5-2-6-15-31/h1,3-4,8-13,18,23,34H,2,5-7,14-17H2,(H,27,28). The second-order valence-corrected chi connectivity index (χ2v) is 9.04. The molecule has 1 aliphatic heterocycles. The fraction of sp³-hybridized carbons (Fsp3) is 0.346. The van der Waals surface area contributed by atoms with Gasteiger partial charge in [-0.25, -0.2) is 4.98 Å². The van der Waals surface area contributed by atoms with Gasteiger partial charge >= 0.3 is 0 Å². The van der Waals surface area contributed by atoms with E-state index >= 15 is 0 Å². The van der Waals surface area contributed by atoms with Gasteiger partial charge in [-0.1, -0.05) is 36.8 Å². The number of piperidine rings is 1. The van der Waals surface area contributed by atoms with Crippen molar-refractivity contribution in [2.45, 2.75) is 30.9 Å². The maximum atomic E-state index is 5.91. The normalized spacial score (nSPS) is 15.3. The number of nitrogens with one attached hydrogen (secondary N) is 1.